The Kier molecular flexibility index (Phi) is 14.8. The summed E-state index contributed by atoms with van der Waals surface area (Å²) in [6, 6.07) is 17.5. The molecule has 3 aromatic rings. The number of carbonyl (C=O) groups excluding carboxylic acids is 3. The zero-order chi connectivity index (χ0) is 35.0. The fourth-order valence-electron chi connectivity index (χ4n) is 5.72. The lowest BCUT2D eigenvalue weighted by Gasteiger charge is -2.16. The molecule has 0 N–H and O–H groups in total. The van der Waals surface area contributed by atoms with Crippen LogP contribution >= 0.6 is 0 Å². The number of fused-ring (bicyclic) bond motifs is 1. The third-order valence-electron chi connectivity index (χ3n) is 8.23. The van der Waals surface area contributed by atoms with Crippen molar-refractivity contribution < 1.29 is 42.8 Å². The van der Waals surface area contributed by atoms with E-state index in [1.54, 1.807) is 13.8 Å². The number of aryl methyl sites for hydroxylation is 1. The molecule has 0 aromatic heterocycles. The fourth-order valence-corrected chi connectivity index (χ4v) is 5.72. The van der Waals surface area contributed by atoms with Crippen LogP contribution in [-0.2, 0) is 31.9 Å². The van der Waals surface area contributed by atoms with Gasteiger partial charge in [0.15, 0.2) is 17.3 Å². The van der Waals surface area contributed by atoms with Gasteiger partial charge in [-0.15, -0.1) is 0 Å². The highest BCUT2D eigenvalue weighted by atomic mass is 16.7. The van der Waals surface area contributed by atoms with Gasteiger partial charge in [-0.3, -0.25) is 14.4 Å². The van der Waals surface area contributed by atoms with Crippen LogP contribution in [-0.4, -0.2) is 50.9 Å². The van der Waals surface area contributed by atoms with Crippen LogP contribution in [0.25, 0.3) is 11.1 Å². The molecule has 0 fully saturated rings. The molecule has 1 aliphatic rings. The minimum absolute atomic E-state index is 0.0696. The van der Waals surface area contributed by atoms with E-state index >= 15 is 0 Å². The maximum atomic E-state index is 12.9. The Morgan fingerprint density at radius 1 is 0.714 bits per heavy atom. The van der Waals surface area contributed by atoms with Gasteiger partial charge in [0.05, 0.1) is 26.4 Å². The van der Waals surface area contributed by atoms with Crippen LogP contribution in [0.15, 0.2) is 54.6 Å². The van der Waals surface area contributed by atoms with E-state index in [4.69, 9.17) is 28.4 Å². The van der Waals surface area contributed by atoms with Gasteiger partial charge in [-0.25, -0.2) is 0 Å². The first-order valence-electron chi connectivity index (χ1n) is 17.6. The molecule has 0 unspecified atom stereocenters. The van der Waals surface area contributed by atoms with Gasteiger partial charge < -0.3 is 28.4 Å². The molecule has 0 bridgehead atoms. The average Bonchev–Trinajstić information content (AvgIpc) is 3.57. The van der Waals surface area contributed by atoms with Crippen LogP contribution < -0.4 is 18.9 Å². The second-order valence-electron chi connectivity index (χ2n) is 12.3. The van der Waals surface area contributed by atoms with Crippen molar-refractivity contribution in [3.05, 3.63) is 71.3 Å². The van der Waals surface area contributed by atoms with E-state index in [2.05, 4.69) is 6.07 Å². The molecule has 3 aromatic carbocycles. The average molecular weight is 675 g/mol. The SMILES string of the molecule is CCOC(=O)CCCOc1cccc(CCCCCCOc2cc(C(=O)C(C)C)cc(-c3ccc4c(c3)OCO4)c2)c1CCC(=O)OCC. The van der Waals surface area contributed by atoms with E-state index in [0.29, 0.717) is 68.5 Å². The Morgan fingerprint density at radius 2 is 1.45 bits per heavy atom. The standard InChI is InChI=1S/C40H50O9/c1-5-44-38(41)16-12-22-47-35-15-11-14-29(34(35)18-20-39(42)45-6-2)13-9-7-8-10-21-46-33-24-31(23-32(25-33)40(43)28(3)4)30-17-19-36-37(26-30)49-27-48-36/h11,14-15,17,19,23-26,28H,5-10,12-13,16,18,20-22,27H2,1-4H3. The van der Waals surface area contributed by atoms with Crippen LogP contribution in [0.1, 0.15) is 94.1 Å². The van der Waals surface area contributed by atoms with Gasteiger partial charge >= 0.3 is 11.9 Å². The Balaban J connectivity index is 1.30. The number of rotatable bonds is 21. The number of unbranched alkanes of at least 4 members (excludes halogenated alkanes) is 3. The van der Waals surface area contributed by atoms with Crippen LogP contribution in [0.5, 0.6) is 23.0 Å². The second-order valence-corrected chi connectivity index (χ2v) is 12.3. The number of Topliss-reactive ketones (excluding diaryl/α,β-unsaturated/α-hetero) is 1. The van der Waals surface area contributed by atoms with Crippen molar-refractivity contribution in [2.24, 2.45) is 5.92 Å². The molecule has 49 heavy (non-hydrogen) atoms. The monoisotopic (exact) mass is 674 g/mol. The summed E-state index contributed by atoms with van der Waals surface area (Å²) in [5.74, 6) is 2.31. The number of carbonyl (C=O) groups is 3. The Labute approximate surface area is 290 Å². The molecule has 0 amide bonds. The second kappa shape index (κ2) is 19.5. The summed E-state index contributed by atoms with van der Waals surface area (Å²) in [6.45, 7) is 9.25. The van der Waals surface area contributed by atoms with Crippen molar-refractivity contribution in [2.45, 2.75) is 85.5 Å². The summed E-state index contributed by atoms with van der Waals surface area (Å²) in [7, 11) is 0. The molecule has 0 aliphatic carbocycles. The van der Waals surface area contributed by atoms with Gasteiger partial charge in [0.25, 0.3) is 0 Å². The summed E-state index contributed by atoms with van der Waals surface area (Å²) in [6.07, 6.45) is 6.38. The van der Waals surface area contributed by atoms with Crippen LogP contribution in [0.4, 0.5) is 0 Å². The summed E-state index contributed by atoms with van der Waals surface area (Å²) < 4.78 is 33.5. The molecule has 0 spiro atoms. The largest absolute Gasteiger partial charge is 0.494 e. The molecule has 9 heteroatoms. The third kappa shape index (κ3) is 11.5. The summed E-state index contributed by atoms with van der Waals surface area (Å²) in [5, 5.41) is 0. The van der Waals surface area contributed by atoms with Gasteiger partial charge in [-0.1, -0.05) is 44.9 Å². The first-order valence-corrected chi connectivity index (χ1v) is 17.6. The van der Waals surface area contributed by atoms with E-state index in [1.807, 2.05) is 62.4 Å². The summed E-state index contributed by atoms with van der Waals surface area (Å²) in [5.41, 5.74) is 4.63. The number of hydrogen-bond donors (Lipinski definition) is 0. The lowest BCUT2D eigenvalue weighted by atomic mass is 9.96. The molecule has 0 saturated carbocycles. The van der Waals surface area contributed by atoms with Crippen molar-refractivity contribution >= 4 is 17.7 Å². The summed E-state index contributed by atoms with van der Waals surface area (Å²) in [4.78, 5) is 36.8. The minimum Gasteiger partial charge on any atom is -0.494 e. The van der Waals surface area contributed by atoms with Gasteiger partial charge in [0.2, 0.25) is 6.79 Å². The van der Waals surface area contributed by atoms with Crippen molar-refractivity contribution in [1.82, 2.24) is 0 Å². The molecule has 264 valence electrons. The topological polar surface area (TPSA) is 107 Å². The van der Waals surface area contributed by atoms with Crippen LogP contribution in [0, 0.1) is 5.92 Å². The highest BCUT2D eigenvalue weighted by Gasteiger charge is 2.18. The van der Waals surface area contributed by atoms with Crippen LogP contribution in [0.3, 0.4) is 0 Å². The summed E-state index contributed by atoms with van der Waals surface area (Å²) >= 11 is 0. The molecular weight excluding hydrogens is 624 g/mol. The van der Waals surface area contributed by atoms with Crippen molar-refractivity contribution in [1.29, 1.82) is 0 Å². The van der Waals surface area contributed by atoms with Crippen LogP contribution in [0.2, 0.25) is 0 Å². The first kappa shape index (κ1) is 37.3. The lowest BCUT2D eigenvalue weighted by molar-refractivity contribution is -0.144. The Hall–Kier alpha value is -4.53. The maximum Gasteiger partial charge on any atom is 0.306 e. The molecular formula is C40H50O9. The van der Waals surface area contributed by atoms with Gasteiger partial charge in [-0.2, -0.15) is 0 Å². The van der Waals surface area contributed by atoms with E-state index in [-0.39, 0.29) is 36.9 Å². The van der Waals surface area contributed by atoms with Crippen molar-refractivity contribution in [3.63, 3.8) is 0 Å². The van der Waals surface area contributed by atoms with Crippen molar-refractivity contribution in [3.8, 4) is 34.1 Å². The molecule has 0 radical (unpaired) electrons. The third-order valence-corrected chi connectivity index (χ3v) is 8.23. The fraction of sp³-hybridized carbons (Fsp3) is 0.475. The normalized spacial score (nSPS) is 11.8. The quantitative estimate of drug-likeness (QED) is 0.0626. The molecule has 4 rings (SSSR count). The van der Waals surface area contributed by atoms with E-state index in [1.165, 1.54) is 0 Å². The van der Waals surface area contributed by atoms with Crippen molar-refractivity contribution in [2.75, 3.05) is 33.2 Å². The molecule has 1 heterocycles. The van der Waals surface area contributed by atoms with Gasteiger partial charge in [0, 0.05) is 24.3 Å². The molecule has 0 saturated heterocycles. The smallest absolute Gasteiger partial charge is 0.306 e. The Bertz CT molecular complexity index is 1540. The predicted molar refractivity (Wildman–Crippen MR) is 188 cm³/mol. The maximum absolute atomic E-state index is 12.9. The highest BCUT2D eigenvalue weighted by molar-refractivity contribution is 5.99. The minimum atomic E-state index is -0.229. The number of ketones is 1. The van der Waals surface area contributed by atoms with Gasteiger partial charge in [-0.05, 0) is 105 Å². The molecule has 0 atom stereocenters. The zero-order valence-electron chi connectivity index (χ0n) is 29.3. The zero-order valence-corrected chi connectivity index (χ0v) is 29.3. The van der Waals surface area contributed by atoms with Gasteiger partial charge in [0.1, 0.15) is 11.5 Å². The van der Waals surface area contributed by atoms with E-state index < -0.39 is 0 Å². The highest BCUT2D eigenvalue weighted by Crippen LogP contribution is 2.37. The van der Waals surface area contributed by atoms with E-state index in [0.717, 1.165) is 60.1 Å². The number of hydrogen-bond acceptors (Lipinski definition) is 9. The number of ether oxygens (including phenoxy) is 6. The Morgan fingerprint density at radius 3 is 2.22 bits per heavy atom. The predicted octanol–water partition coefficient (Wildman–Crippen LogP) is 8.32. The molecule has 9 nitrogen and oxygen atoms in total. The lowest BCUT2D eigenvalue weighted by Crippen LogP contribution is -2.10. The van der Waals surface area contributed by atoms with E-state index in [9.17, 15) is 14.4 Å². The molecule has 1 aliphatic heterocycles. The number of benzene rings is 3. The first-order chi connectivity index (χ1) is 23.8. The number of esters is 2.